The lowest BCUT2D eigenvalue weighted by atomic mass is 9.89. The minimum Gasteiger partial charge on any atom is -0.465 e. The topological polar surface area (TPSA) is 51.5 Å². The molecule has 0 atom stereocenters. The number of aryl methyl sites for hydroxylation is 1. The molecule has 1 aliphatic rings. The van der Waals surface area contributed by atoms with Gasteiger partial charge in [0.05, 0.1) is 18.2 Å². The van der Waals surface area contributed by atoms with Crippen molar-refractivity contribution in [3.8, 4) is 0 Å². The van der Waals surface area contributed by atoms with Gasteiger partial charge >= 0.3 is 5.97 Å². The van der Waals surface area contributed by atoms with E-state index in [9.17, 15) is 9.59 Å². The van der Waals surface area contributed by atoms with E-state index >= 15 is 0 Å². The maximum Gasteiger partial charge on any atom is 0.340 e. The van der Waals surface area contributed by atoms with Crippen LogP contribution in [0.25, 0.3) is 0 Å². The fourth-order valence-corrected chi connectivity index (χ4v) is 2.45. The van der Waals surface area contributed by atoms with Crippen LogP contribution >= 0.6 is 0 Å². The third-order valence-electron chi connectivity index (χ3n) is 3.28. The molecule has 1 aromatic rings. The highest BCUT2D eigenvalue weighted by Gasteiger charge is 2.30. The zero-order valence-electron chi connectivity index (χ0n) is 11.7. The van der Waals surface area contributed by atoms with Crippen LogP contribution < -0.4 is 0 Å². The van der Waals surface area contributed by atoms with Crippen LogP contribution in [0.5, 0.6) is 0 Å². The number of ketones is 1. The predicted molar refractivity (Wildman–Crippen MR) is 71.2 cm³/mol. The van der Waals surface area contributed by atoms with Crippen LogP contribution in [0.4, 0.5) is 0 Å². The van der Waals surface area contributed by atoms with Gasteiger partial charge in [0.2, 0.25) is 0 Å². The van der Waals surface area contributed by atoms with E-state index in [4.69, 9.17) is 4.74 Å². The van der Waals surface area contributed by atoms with E-state index in [-0.39, 0.29) is 5.78 Å². The summed E-state index contributed by atoms with van der Waals surface area (Å²) < 4.78 is 6.59. The molecule has 1 aliphatic carbocycles. The number of methoxy groups -OCH3 is 1. The fourth-order valence-electron chi connectivity index (χ4n) is 2.45. The lowest BCUT2D eigenvalue weighted by Gasteiger charge is -2.18. The van der Waals surface area contributed by atoms with E-state index in [1.165, 1.54) is 7.11 Å². The van der Waals surface area contributed by atoms with Crippen molar-refractivity contribution in [1.29, 1.82) is 0 Å². The molecule has 0 spiro atoms. The number of aromatic nitrogens is 1. The van der Waals surface area contributed by atoms with Crippen LogP contribution in [0.3, 0.4) is 0 Å². The van der Waals surface area contributed by atoms with E-state index in [2.05, 4.69) is 0 Å². The normalized spacial score (nSPS) is 16.4. The predicted octanol–water partition coefficient (Wildman–Crippen LogP) is 1.39. The summed E-state index contributed by atoms with van der Waals surface area (Å²) in [7, 11) is 6.93. The Morgan fingerprint density at radius 2 is 2.11 bits per heavy atom. The molecule has 1 aromatic heterocycles. The van der Waals surface area contributed by atoms with Gasteiger partial charge in [-0.15, -0.1) is 0 Å². The van der Waals surface area contributed by atoms with Gasteiger partial charge in [0.1, 0.15) is 0 Å². The first kappa shape index (κ1) is 13.4. The number of esters is 1. The molecule has 1 heterocycles. The first-order valence-electron chi connectivity index (χ1n) is 6.14. The van der Waals surface area contributed by atoms with Crippen molar-refractivity contribution in [1.82, 2.24) is 9.47 Å². The van der Waals surface area contributed by atoms with Crippen LogP contribution in [-0.2, 0) is 18.2 Å². The Kier molecular flexibility index (Phi) is 3.46. The number of fused-ring (bicyclic) bond motifs is 1. The van der Waals surface area contributed by atoms with Crippen molar-refractivity contribution in [2.24, 2.45) is 7.05 Å². The smallest absolute Gasteiger partial charge is 0.340 e. The van der Waals surface area contributed by atoms with Crippen molar-refractivity contribution >= 4 is 11.8 Å². The molecule has 0 bridgehead atoms. The number of rotatable bonds is 2. The Labute approximate surface area is 112 Å². The number of nitrogens with zero attached hydrogens (tertiary/aromatic N) is 2. The van der Waals surface area contributed by atoms with E-state index in [1.807, 2.05) is 36.8 Å². The Morgan fingerprint density at radius 1 is 1.42 bits per heavy atom. The molecule has 0 unspecified atom stereocenters. The molecule has 0 radical (unpaired) electrons. The van der Waals surface area contributed by atoms with Gasteiger partial charge in [0.15, 0.2) is 5.78 Å². The second kappa shape index (κ2) is 4.91. The fraction of sp³-hybridized carbons (Fsp3) is 0.429. The molecule has 0 aliphatic heterocycles. The van der Waals surface area contributed by atoms with Gasteiger partial charge in [-0.05, 0) is 12.8 Å². The van der Waals surface area contributed by atoms with Crippen molar-refractivity contribution in [3.63, 3.8) is 0 Å². The molecule has 102 valence electrons. The maximum absolute atomic E-state index is 12.5. The average Bonchev–Trinajstić information content (AvgIpc) is 2.69. The number of hydrogen-bond acceptors (Lipinski definition) is 4. The molecular formula is C14H18N2O3. The second-order valence-corrected chi connectivity index (χ2v) is 4.91. The summed E-state index contributed by atoms with van der Waals surface area (Å²) in [6.45, 7) is 0. The van der Waals surface area contributed by atoms with Crippen molar-refractivity contribution in [2.75, 3.05) is 21.2 Å². The Morgan fingerprint density at radius 3 is 2.68 bits per heavy atom. The van der Waals surface area contributed by atoms with Gasteiger partial charge in [-0.1, -0.05) is 0 Å². The van der Waals surface area contributed by atoms with Gasteiger partial charge < -0.3 is 14.2 Å². The molecule has 0 saturated carbocycles. The zero-order valence-corrected chi connectivity index (χ0v) is 11.7. The highest BCUT2D eigenvalue weighted by Crippen LogP contribution is 2.29. The molecule has 0 N–H and O–H groups in total. The highest BCUT2D eigenvalue weighted by molar-refractivity contribution is 6.16. The molecule has 19 heavy (non-hydrogen) atoms. The quantitative estimate of drug-likeness (QED) is 0.597. The summed E-state index contributed by atoms with van der Waals surface area (Å²) in [6.07, 6.45) is 4.95. The number of hydrogen-bond donors (Lipinski definition) is 0. The van der Waals surface area contributed by atoms with E-state index in [1.54, 1.807) is 6.20 Å². The van der Waals surface area contributed by atoms with Crippen LogP contribution in [0.2, 0.25) is 0 Å². The third kappa shape index (κ3) is 2.28. The number of carbonyl (C=O) groups excluding carboxylic acids is 2. The number of Topliss-reactive ketones (excluding diaryl/α,β-unsaturated/α-hetero) is 1. The minimum absolute atomic E-state index is 0.0732. The standard InChI is InChI=1S/C14H18N2O3/c1-15(2)7-9-5-6-11-12(13(9)17)10(8-16(11)3)14(18)19-4/h7-8H,5-6H2,1-4H3/b9-7-. The summed E-state index contributed by atoms with van der Waals surface area (Å²) in [5.41, 5.74) is 2.48. The molecule has 2 rings (SSSR count). The van der Waals surface area contributed by atoms with Crippen LogP contribution in [0, 0.1) is 0 Å². The average molecular weight is 262 g/mol. The van der Waals surface area contributed by atoms with Gasteiger partial charge in [0, 0.05) is 44.8 Å². The van der Waals surface area contributed by atoms with Gasteiger partial charge in [-0.3, -0.25) is 4.79 Å². The lowest BCUT2D eigenvalue weighted by Crippen LogP contribution is -2.19. The molecule has 0 saturated heterocycles. The van der Waals surface area contributed by atoms with Gasteiger partial charge in [-0.2, -0.15) is 0 Å². The summed E-state index contributed by atoms with van der Waals surface area (Å²) in [4.78, 5) is 26.1. The second-order valence-electron chi connectivity index (χ2n) is 4.91. The van der Waals surface area contributed by atoms with Gasteiger partial charge in [0.25, 0.3) is 0 Å². The first-order chi connectivity index (χ1) is 8.95. The van der Waals surface area contributed by atoms with Crippen LogP contribution in [0.15, 0.2) is 18.0 Å². The number of ether oxygens (including phenoxy) is 1. The SMILES string of the molecule is COC(=O)c1cn(C)c2c1C(=O)/C(=C\N(C)C)CC2. The molecule has 5 heteroatoms. The van der Waals surface area contributed by atoms with Crippen molar-refractivity contribution in [2.45, 2.75) is 12.8 Å². The first-order valence-corrected chi connectivity index (χ1v) is 6.14. The monoisotopic (exact) mass is 262 g/mol. The summed E-state index contributed by atoms with van der Waals surface area (Å²) >= 11 is 0. The van der Waals surface area contributed by atoms with Crippen molar-refractivity contribution in [3.05, 3.63) is 34.8 Å². The minimum atomic E-state index is -0.462. The van der Waals surface area contributed by atoms with Crippen LogP contribution in [0.1, 0.15) is 32.8 Å². The Balaban J connectivity index is 2.53. The summed E-state index contributed by atoms with van der Waals surface area (Å²) in [6, 6.07) is 0. The largest absolute Gasteiger partial charge is 0.465 e. The number of carbonyl (C=O) groups is 2. The van der Waals surface area contributed by atoms with Crippen LogP contribution in [-0.4, -0.2) is 42.4 Å². The molecular weight excluding hydrogens is 244 g/mol. The number of allylic oxidation sites excluding steroid dienone is 1. The molecule has 5 nitrogen and oxygen atoms in total. The van der Waals surface area contributed by atoms with E-state index in [0.29, 0.717) is 17.5 Å². The summed E-state index contributed by atoms with van der Waals surface area (Å²) in [5.74, 6) is -0.535. The lowest BCUT2D eigenvalue weighted by molar-refractivity contribution is 0.0597. The Bertz CT molecular complexity index is 567. The van der Waals surface area contributed by atoms with E-state index in [0.717, 1.165) is 17.7 Å². The molecule has 0 aromatic carbocycles. The maximum atomic E-state index is 12.5. The van der Waals surface area contributed by atoms with Crippen molar-refractivity contribution < 1.29 is 14.3 Å². The third-order valence-corrected chi connectivity index (χ3v) is 3.28. The Hall–Kier alpha value is -2.04. The van der Waals surface area contributed by atoms with E-state index < -0.39 is 5.97 Å². The van der Waals surface area contributed by atoms with Gasteiger partial charge in [-0.25, -0.2) is 4.79 Å². The molecule has 0 amide bonds. The molecule has 0 fully saturated rings. The highest BCUT2D eigenvalue weighted by atomic mass is 16.5. The summed E-state index contributed by atoms with van der Waals surface area (Å²) in [5, 5.41) is 0. The zero-order chi connectivity index (χ0) is 14.2.